The van der Waals surface area contributed by atoms with Crippen LogP contribution in [0.5, 0.6) is 5.75 Å². The standard InChI is InChI=1S/C15H19NO2/c1-4-5-14(17)16-12-6-7-13-11(10-12)8-9-15(2,3)18-13/h6-10H,4-5H2,1-3H3,(H,16,17). The van der Waals surface area contributed by atoms with Crippen molar-refractivity contribution in [2.75, 3.05) is 5.32 Å². The van der Waals surface area contributed by atoms with Gasteiger partial charge in [0.15, 0.2) is 0 Å². The van der Waals surface area contributed by atoms with Gasteiger partial charge in [-0.3, -0.25) is 4.79 Å². The molecule has 3 heteroatoms. The van der Waals surface area contributed by atoms with Crippen LogP contribution in [0.1, 0.15) is 39.2 Å². The molecule has 2 rings (SSSR count). The Balaban J connectivity index is 2.16. The predicted molar refractivity (Wildman–Crippen MR) is 73.7 cm³/mol. The van der Waals surface area contributed by atoms with Crippen LogP contribution in [-0.2, 0) is 4.79 Å². The molecule has 1 aliphatic rings. The van der Waals surface area contributed by atoms with Crippen LogP contribution in [0.2, 0.25) is 0 Å². The van der Waals surface area contributed by atoms with Gasteiger partial charge in [-0.15, -0.1) is 0 Å². The van der Waals surface area contributed by atoms with Gasteiger partial charge in [0.2, 0.25) is 5.91 Å². The molecule has 0 aliphatic carbocycles. The SMILES string of the molecule is CCCC(=O)Nc1ccc2c(c1)C=CC(C)(C)O2. The molecule has 1 amide bonds. The molecule has 3 nitrogen and oxygen atoms in total. The quantitative estimate of drug-likeness (QED) is 0.883. The van der Waals surface area contributed by atoms with E-state index in [2.05, 4.69) is 5.32 Å². The van der Waals surface area contributed by atoms with Gasteiger partial charge in [-0.05, 0) is 44.5 Å². The number of ether oxygens (including phenoxy) is 1. The Bertz CT molecular complexity index is 489. The van der Waals surface area contributed by atoms with Crippen LogP contribution in [0.25, 0.3) is 6.08 Å². The van der Waals surface area contributed by atoms with E-state index < -0.39 is 0 Å². The maximum Gasteiger partial charge on any atom is 0.224 e. The number of anilines is 1. The first kappa shape index (κ1) is 12.7. The molecule has 0 radical (unpaired) electrons. The smallest absolute Gasteiger partial charge is 0.224 e. The molecule has 0 saturated carbocycles. The fraction of sp³-hybridized carbons (Fsp3) is 0.400. The molecule has 0 unspecified atom stereocenters. The highest BCUT2D eigenvalue weighted by molar-refractivity contribution is 5.91. The summed E-state index contributed by atoms with van der Waals surface area (Å²) in [6.45, 7) is 6.03. The van der Waals surface area contributed by atoms with Crippen LogP contribution in [0.3, 0.4) is 0 Å². The number of nitrogens with one attached hydrogen (secondary N) is 1. The predicted octanol–water partition coefficient (Wildman–Crippen LogP) is 3.61. The minimum Gasteiger partial charge on any atom is -0.483 e. The largest absolute Gasteiger partial charge is 0.483 e. The molecule has 0 atom stereocenters. The molecule has 0 fully saturated rings. The van der Waals surface area contributed by atoms with Crippen molar-refractivity contribution in [2.45, 2.75) is 39.2 Å². The van der Waals surface area contributed by atoms with Gasteiger partial charge in [0, 0.05) is 17.7 Å². The zero-order valence-electron chi connectivity index (χ0n) is 11.1. The van der Waals surface area contributed by atoms with E-state index in [1.54, 1.807) is 0 Å². The van der Waals surface area contributed by atoms with E-state index in [0.717, 1.165) is 23.4 Å². The van der Waals surface area contributed by atoms with Crippen LogP contribution in [-0.4, -0.2) is 11.5 Å². The average Bonchev–Trinajstić information content (AvgIpc) is 2.29. The van der Waals surface area contributed by atoms with Crippen molar-refractivity contribution in [2.24, 2.45) is 0 Å². The van der Waals surface area contributed by atoms with E-state index in [1.165, 1.54) is 0 Å². The third-order valence-electron chi connectivity index (χ3n) is 2.81. The molecule has 1 heterocycles. The monoisotopic (exact) mass is 245 g/mol. The molecule has 0 aromatic heterocycles. The van der Waals surface area contributed by atoms with E-state index in [4.69, 9.17) is 4.74 Å². The molecule has 0 spiro atoms. The summed E-state index contributed by atoms with van der Waals surface area (Å²) in [4.78, 5) is 11.5. The lowest BCUT2D eigenvalue weighted by Gasteiger charge is -2.28. The van der Waals surface area contributed by atoms with Crippen molar-refractivity contribution in [3.05, 3.63) is 29.8 Å². The summed E-state index contributed by atoms with van der Waals surface area (Å²) in [5.41, 5.74) is 1.56. The molecule has 0 bridgehead atoms. The van der Waals surface area contributed by atoms with Crippen LogP contribution in [0.15, 0.2) is 24.3 Å². The highest BCUT2D eigenvalue weighted by atomic mass is 16.5. The molecule has 0 saturated heterocycles. The minimum atomic E-state index is -0.264. The van der Waals surface area contributed by atoms with E-state index >= 15 is 0 Å². The Morgan fingerprint density at radius 1 is 1.39 bits per heavy atom. The van der Waals surface area contributed by atoms with Crippen LogP contribution in [0, 0.1) is 0 Å². The summed E-state index contributed by atoms with van der Waals surface area (Å²) < 4.78 is 5.83. The first-order valence-electron chi connectivity index (χ1n) is 6.32. The topological polar surface area (TPSA) is 38.3 Å². The lowest BCUT2D eigenvalue weighted by molar-refractivity contribution is -0.116. The number of carbonyl (C=O) groups excluding carboxylic acids is 1. The summed E-state index contributed by atoms with van der Waals surface area (Å²) in [6.07, 6.45) is 5.46. The molecule has 1 N–H and O–H groups in total. The molecule has 1 aromatic rings. The second-order valence-corrected chi connectivity index (χ2v) is 5.09. The Hall–Kier alpha value is -1.77. The van der Waals surface area contributed by atoms with Crippen molar-refractivity contribution >= 4 is 17.7 Å². The van der Waals surface area contributed by atoms with Crippen molar-refractivity contribution in [3.8, 4) is 5.75 Å². The third kappa shape index (κ3) is 2.92. The number of hydrogen-bond acceptors (Lipinski definition) is 2. The van der Waals surface area contributed by atoms with Crippen LogP contribution in [0.4, 0.5) is 5.69 Å². The molecule has 18 heavy (non-hydrogen) atoms. The Morgan fingerprint density at radius 3 is 2.89 bits per heavy atom. The minimum absolute atomic E-state index is 0.0542. The third-order valence-corrected chi connectivity index (χ3v) is 2.81. The number of amides is 1. The van der Waals surface area contributed by atoms with E-state index in [-0.39, 0.29) is 11.5 Å². The normalized spacial score (nSPS) is 15.7. The number of benzene rings is 1. The van der Waals surface area contributed by atoms with Crippen LogP contribution < -0.4 is 10.1 Å². The molecular formula is C15H19NO2. The van der Waals surface area contributed by atoms with Crippen molar-refractivity contribution in [3.63, 3.8) is 0 Å². The zero-order chi connectivity index (χ0) is 13.2. The number of hydrogen-bond donors (Lipinski definition) is 1. The summed E-state index contributed by atoms with van der Waals surface area (Å²) >= 11 is 0. The second kappa shape index (κ2) is 4.84. The van der Waals surface area contributed by atoms with Gasteiger partial charge in [0.1, 0.15) is 11.4 Å². The molecular weight excluding hydrogens is 226 g/mol. The maximum atomic E-state index is 11.5. The first-order valence-corrected chi connectivity index (χ1v) is 6.32. The number of carbonyl (C=O) groups is 1. The number of fused-ring (bicyclic) bond motifs is 1. The van der Waals surface area contributed by atoms with E-state index in [1.807, 2.05) is 51.1 Å². The maximum absolute atomic E-state index is 11.5. The summed E-state index contributed by atoms with van der Waals surface area (Å²) in [5.74, 6) is 0.912. The second-order valence-electron chi connectivity index (χ2n) is 5.09. The zero-order valence-corrected chi connectivity index (χ0v) is 11.1. The Morgan fingerprint density at radius 2 is 2.17 bits per heavy atom. The fourth-order valence-corrected chi connectivity index (χ4v) is 1.91. The van der Waals surface area contributed by atoms with Gasteiger partial charge in [0.25, 0.3) is 0 Å². The van der Waals surface area contributed by atoms with Crippen LogP contribution >= 0.6 is 0 Å². The van der Waals surface area contributed by atoms with Gasteiger partial charge in [-0.2, -0.15) is 0 Å². The van der Waals surface area contributed by atoms with E-state index in [0.29, 0.717) is 6.42 Å². The van der Waals surface area contributed by atoms with Gasteiger partial charge < -0.3 is 10.1 Å². The lowest BCUT2D eigenvalue weighted by atomic mass is 10.0. The molecule has 1 aromatic carbocycles. The van der Waals surface area contributed by atoms with Gasteiger partial charge in [-0.1, -0.05) is 13.0 Å². The number of rotatable bonds is 3. The summed E-state index contributed by atoms with van der Waals surface area (Å²) in [5, 5.41) is 2.89. The highest BCUT2D eigenvalue weighted by Gasteiger charge is 2.21. The highest BCUT2D eigenvalue weighted by Crippen LogP contribution is 2.32. The summed E-state index contributed by atoms with van der Waals surface area (Å²) in [6, 6.07) is 5.72. The average molecular weight is 245 g/mol. The van der Waals surface area contributed by atoms with E-state index in [9.17, 15) is 4.79 Å². The summed E-state index contributed by atoms with van der Waals surface area (Å²) in [7, 11) is 0. The Kier molecular flexibility index (Phi) is 3.41. The van der Waals surface area contributed by atoms with Crippen molar-refractivity contribution in [1.29, 1.82) is 0 Å². The fourth-order valence-electron chi connectivity index (χ4n) is 1.91. The first-order chi connectivity index (χ1) is 8.50. The van der Waals surface area contributed by atoms with Gasteiger partial charge in [0.05, 0.1) is 0 Å². The lowest BCUT2D eigenvalue weighted by Crippen LogP contribution is -2.27. The van der Waals surface area contributed by atoms with Gasteiger partial charge >= 0.3 is 0 Å². The van der Waals surface area contributed by atoms with Crippen molar-refractivity contribution < 1.29 is 9.53 Å². The Labute approximate surface area is 108 Å². The van der Waals surface area contributed by atoms with Crippen molar-refractivity contribution in [1.82, 2.24) is 0 Å². The molecule has 96 valence electrons. The van der Waals surface area contributed by atoms with Gasteiger partial charge in [-0.25, -0.2) is 0 Å². The molecule has 1 aliphatic heterocycles.